The number of rotatable bonds is 2. The fraction of sp³-hybridized carbons (Fsp3) is 0.273. The zero-order chi connectivity index (χ0) is 11.5. The predicted molar refractivity (Wildman–Crippen MR) is 63.9 cm³/mol. The number of amides is 1. The van der Waals surface area contributed by atoms with Crippen LogP contribution in [0.25, 0.3) is 9.78 Å². The van der Waals surface area contributed by atoms with Crippen LogP contribution in [0.2, 0.25) is 0 Å². The number of hydrogen-bond donors (Lipinski definition) is 1. The molecule has 4 nitrogen and oxygen atoms in total. The van der Waals surface area contributed by atoms with E-state index in [1.807, 2.05) is 30.7 Å². The number of nitrogens with zero attached hydrogens (tertiary/aromatic N) is 2. The Bertz CT molecular complexity index is 582. The molecule has 0 aliphatic carbocycles. The van der Waals surface area contributed by atoms with Crippen LogP contribution in [0.4, 0.5) is 0 Å². The molecule has 0 spiro atoms. The van der Waals surface area contributed by atoms with Crippen molar-refractivity contribution in [2.75, 3.05) is 0 Å². The number of benzene rings is 1. The molecule has 2 rings (SSSR count). The van der Waals surface area contributed by atoms with Gasteiger partial charge in [-0.2, -0.15) is 0 Å². The van der Waals surface area contributed by atoms with Gasteiger partial charge < -0.3 is 0 Å². The quantitative estimate of drug-likeness (QED) is 0.635. The Labute approximate surface area is 99.3 Å². The summed E-state index contributed by atoms with van der Waals surface area (Å²) in [6, 6.07) is 8.22. The van der Waals surface area contributed by atoms with E-state index in [0.29, 0.717) is 6.42 Å². The first kappa shape index (κ1) is 11.2. The van der Waals surface area contributed by atoms with Crippen molar-refractivity contribution in [1.82, 2.24) is 9.99 Å². The first-order valence-electron chi connectivity index (χ1n) is 5.09. The van der Waals surface area contributed by atoms with Crippen LogP contribution in [-0.4, -0.2) is 25.0 Å². The number of fused-ring (bicyclic) bond motifs is 1. The first-order valence-corrected chi connectivity index (χ1v) is 6.81. The fourth-order valence-electron chi connectivity index (χ4n) is 1.38. The molecule has 0 unspecified atom stereocenters. The molecular weight excluding hydrogens is 269 g/mol. The summed E-state index contributed by atoms with van der Waals surface area (Å²) < 4.78 is 4.28. The maximum atomic E-state index is 11.1. The summed E-state index contributed by atoms with van der Waals surface area (Å²) in [7, 11) is 1.98. The second-order valence-corrected chi connectivity index (χ2v) is 5.53. The van der Waals surface area contributed by atoms with Gasteiger partial charge in [0, 0.05) is 0 Å². The minimum absolute atomic E-state index is 0.0485. The molecule has 0 bridgehead atoms. The molecule has 1 heterocycles. The van der Waals surface area contributed by atoms with Gasteiger partial charge >= 0.3 is 99.1 Å². The van der Waals surface area contributed by atoms with Crippen molar-refractivity contribution in [2.24, 2.45) is 12.1 Å². The van der Waals surface area contributed by atoms with E-state index in [2.05, 4.69) is 22.7 Å². The second kappa shape index (κ2) is 4.68. The van der Waals surface area contributed by atoms with Crippen LogP contribution in [0.1, 0.15) is 13.3 Å². The molecule has 1 aromatic carbocycles. The van der Waals surface area contributed by atoms with Crippen LogP contribution in [-0.2, 0) is 11.8 Å². The van der Waals surface area contributed by atoms with Gasteiger partial charge in [0.05, 0.1) is 0 Å². The van der Waals surface area contributed by atoms with E-state index in [0.717, 1.165) is 4.36 Å². The van der Waals surface area contributed by atoms with Gasteiger partial charge in [-0.25, -0.2) is 0 Å². The molecule has 1 amide bonds. The number of nitrogens with one attached hydrogen (secondary N) is 1. The predicted octanol–water partition coefficient (Wildman–Crippen LogP) is 0.577. The number of aryl methyl sites for hydroxylation is 1. The van der Waals surface area contributed by atoms with Crippen molar-refractivity contribution in [3.05, 3.63) is 28.6 Å². The normalized spacial score (nSPS) is 12.0. The van der Waals surface area contributed by atoms with Crippen LogP contribution >= 0.6 is 0 Å². The standard InChI is InChI=1S/C11H13N3OSe/c1-3-10(15)12-13-11-14(2)8-6-4-5-7-9(8)16-11/h4-7H,3H2,1-2H3,(H,12,15). The van der Waals surface area contributed by atoms with Gasteiger partial charge in [-0.05, 0) is 0 Å². The summed E-state index contributed by atoms with van der Waals surface area (Å²) in [4.78, 5) is 11.1. The zero-order valence-electron chi connectivity index (χ0n) is 9.23. The molecule has 0 radical (unpaired) electrons. The van der Waals surface area contributed by atoms with Crippen LogP contribution < -0.4 is 9.79 Å². The summed E-state index contributed by atoms with van der Waals surface area (Å²) in [5.74, 6) is -0.0485. The summed E-state index contributed by atoms with van der Waals surface area (Å²) >= 11 is 0.187. The van der Waals surface area contributed by atoms with Crippen molar-refractivity contribution in [3.8, 4) is 0 Å². The van der Waals surface area contributed by atoms with E-state index < -0.39 is 0 Å². The topological polar surface area (TPSA) is 46.4 Å². The molecule has 1 aromatic heterocycles. The Morgan fingerprint density at radius 2 is 2.25 bits per heavy atom. The van der Waals surface area contributed by atoms with Gasteiger partial charge in [0.15, 0.2) is 0 Å². The average molecular weight is 282 g/mol. The molecule has 0 saturated heterocycles. The Hall–Kier alpha value is -1.32. The molecule has 84 valence electrons. The molecule has 5 heteroatoms. The van der Waals surface area contributed by atoms with Crippen molar-refractivity contribution in [2.45, 2.75) is 13.3 Å². The third-order valence-electron chi connectivity index (χ3n) is 2.31. The Morgan fingerprint density at radius 1 is 1.50 bits per heavy atom. The number of carbonyl (C=O) groups is 1. The summed E-state index contributed by atoms with van der Waals surface area (Å²) in [6.45, 7) is 1.81. The maximum absolute atomic E-state index is 11.1. The summed E-state index contributed by atoms with van der Waals surface area (Å²) in [5.41, 5.74) is 3.75. The Kier molecular flexibility index (Phi) is 3.27. The number of carbonyl (C=O) groups excluding carboxylic acids is 1. The monoisotopic (exact) mass is 283 g/mol. The van der Waals surface area contributed by atoms with Gasteiger partial charge in [-0.1, -0.05) is 0 Å². The van der Waals surface area contributed by atoms with E-state index in [1.165, 1.54) is 9.78 Å². The van der Waals surface area contributed by atoms with Crippen molar-refractivity contribution in [3.63, 3.8) is 0 Å². The molecule has 1 N–H and O–H groups in total. The number of aromatic nitrogens is 1. The Morgan fingerprint density at radius 3 is 2.94 bits per heavy atom. The first-order chi connectivity index (χ1) is 7.72. The number of hydrogen-bond acceptors (Lipinski definition) is 2. The molecule has 0 fully saturated rings. The van der Waals surface area contributed by atoms with Gasteiger partial charge in [0.1, 0.15) is 0 Å². The zero-order valence-corrected chi connectivity index (χ0v) is 10.9. The van der Waals surface area contributed by atoms with E-state index in [1.54, 1.807) is 0 Å². The average Bonchev–Trinajstić information content (AvgIpc) is 2.64. The Balaban J connectivity index is 2.45. The molecule has 0 saturated carbocycles. The van der Waals surface area contributed by atoms with Crippen LogP contribution in [0.3, 0.4) is 0 Å². The van der Waals surface area contributed by atoms with Gasteiger partial charge in [-0.3, -0.25) is 0 Å². The fourth-order valence-corrected chi connectivity index (χ4v) is 3.43. The molecule has 0 atom stereocenters. The summed E-state index contributed by atoms with van der Waals surface area (Å²) in [5, 5.41) is 4.16. The SMILES string of the molecule is CCC(=O)NN=c1[se]c2ccccc2n1C. The van der Waals surface area contributed by atoms with Crippen molar-refractivity contribution < 1.29 is 4.79 Å². The van der Waals surface area contributed by atoms with Crippen LogP contribution in [0.15, 0.2) is 29.4 Å². The van der Waals surface area contributed by atoms with Gasteiger partial charge in [-0.15, -0.1) is 0 Å². The van der Waals surface area contributed by atoms with Crippen molar-refractivity contribution >= 4 is 30.2 Å². The molecule has 0 aliphatic heterocycles. The molecular formula is C11H13N3OSe. The summed E-state index contributed by atoms with van der Waals surface area (Å²) in [6.07, 6.45) is 0.459. The second-order valence-electron chi connectivity index (χ2n) is 3.41. The third kappa shape index (κ3) is 2.10. The third-order valence-corrected chi connectivity index (χ3v) is 4.65. The van der Waals surface area contributed by atoms with E-state index >= 15 is 0 Å². The van der Waals surface area contributed by atoms with Crippen LogP contribution in [0.5, 0.6) is 0 Å². The van der Waals surface area contributed by atoms with Gasteiger partial charge in [0.25, 0.3) is 0 Å². The number of para-hydroxylation sites is 1. The van der Waals surface area contributed by atoms with Gasteiger partial charge in [0.2, 0.25) is 0 Å². The van der Waals surface area contributed by atoms with Crippen molar-refractivity contribution in [1.29, 1.82) is 0 Å². The molecule has 2 aromatic rings. The molecule has 0 aliphatic rings. The van der Waals surface area contributed by atoms with E-state index in [4.69, 9.17) is 0 Å². The molecule has 16 heavy (non-hydrogen) atoms. The minimum atomic E-state index is -0.0485. The van der Waals surface area contributed by atoms with Crippen LogP contribution in [0, 0.1) is 0 Å². The van der Waals surface area contributed by atoms with E-state index in [9.17, 15) is 4.79 Å². The van der Waals surface area contributed by atoms with E-state index in [-0.39, 0.29) is 20.4 Å².